The fourth-order valence-electron chi connectivity index (χ4n) is 3.06. The molecule has 0 aromatic heterocycles. The van der Waals surface area contributed by atoms with Crippen LogP contribution in [0.15, 0.2) is 30.3 Å². The number of rotatable bonds is 10. The summed E-state index contributed by atoms with van der Waals surface area (Å²) >= 11 is 6.17. The van der Waals surface area contributed by atoms with Crippen LogP contribution in [-0.4, -0.2) is 43.9 Å². The van der Waals surface area contributed by atoms with E-state index in [4.69, 9.17) is 16.3 Å². The minimum absolute atomic E-state index is 0. The van der Waals surface area contributed by atoms with Crippen LogP contribution in [-0.2, 0) is 4.79 Å². The topological polar surface area (TPSA) is 70.7 Å². The van der Waals surface area contributed by atoms with Crippen LogP contribution in [0.2, 0.25) is 5.02 Å². The highest BCUT2D eigenvalue weighted by Gasteiger charge is 2.22. The number of amides is 2. The molecule has 0 aliphatic carbocycles. The maximum absolute atomic E-state index is 15.4. The molecule has 0 fully saturated rings. The lowest BCUT2D eigenvalue weighted by molar-refractivity contribution is -0.109. The Morgan fingerprint density at radius 3 is 2.53 bits per heavy atom. The summed E-state index contributed by atoms with van der Waals surface area (Å²) in [6.07, 6.45) is 1.17. The number of carbonyl (C=O) groups excluding carboxylic acids is 2. The molecule has 2 amide bonds. The Bertz CT molecular complexity index is 945. The zero-order valence-corrected chi connectivity index (χ0v) is 19.8. The van der Waals surface area contributed by atoms with Crippen molar-refractivity contribution >= 4 is 36.3 Å². The molecule has 0 aliphatic rings. The van der Waals surface area contributed by atoms with Crippen LogP contribution < -0.4 is 15.4 Å². The zero-order chi connectivity index (χ0) is 23.1. The van der Waals surface area contributed by atoms with E-state index in [9.17, 15) is 14.0 Å². The van der Waals surface area contributed by atoms with E-state index in [0.29, 0.717) is 24.9 Å². The Kier molecular flexibility index (Phi) is 10.9. The Morgan fingerprint density at radius 1 is 1.25 bits per heavy atom. The SMILES string of the molecule is CC[C@@H](N[C@@H](C)CNC=O)c1ccc(Cl)c(Oc2ccc(F)c(C(=O)N(C)C)c2)c1F.Cl. The van der Waals surface area contributed by atoms with Gasteiger partial charge in [0.25, 0.3) is 5.91 Å². The zero-order valence-electron chi connectivity index (χ0n) is 18.2. The Hall–Kier alpha value is -2.42. The van der Waals surface area contributed by atoms with Crippen LogP contribution >= 0.6 is 24.0 Å². The minimum Gasteiger partial charge on any atom is -0.453 e. The fourth-order valence-corrected chi connectivity index (χ4v) is 3.24. The number of hydrogen-bond acceptors (Lipinski definition) is 4. The molecule has 0 saturated heterocycles. The van der Waals surface area contributed by atoms with Gasteiger partial charge in [-0.25, -0.2) is 8.78 Å². The van der Waals surface area contributed by atoms with Crippen molar-refractivity contribution in [1.29, 1.82) is 0 Å². The molecule has 0 bridgehead atoms. The van der Waals surface area contributed by atoms with Crippen LogP contribution in [0.4, 0.5) is 8.78 Å². The van der Waals surface area contributed by atoms with Crippen molar-refractivity contribution in [3.8, 4) is 11.5 Å². The van der Waals surface area contributed by atoms with E-state index >= 15 is 4.39 Å². The van der Waals surface area contributed by atoms with Gasteiger partial charge in [-0.1, -0.05) is 24.6 Å². The maximum atomic E-state index is 15.4. The Labute approximate surface area is 197 Å². The molecule has 0 heterocycles. The van der Waals surface area contributed by atoms with Crippen molar-refractivity contribution in [3.63, 3.8) is 0 Å². The third-order valence-electron chi connectivity index (χ3n) is 4.65. The molecule has 2 aromatic rings. The summed E-state index contributed by atoms with van der Waals surface area (Å²) in [7, 11) is 3.00. The largest absolute Gasteiger partial charge is 0.453 e. The molecule has 2 atom stereocenters. The quantitative estimate of drug-likeness (QED) is 0.474. The first kappa shape index (κ1) is 27.6. The summed E-state index contributed by atoms with van der Waals surface area (Å²) in [6.45, 7) is 4.15. The molecule has 0 aliphatic heterocycles. The number of nitrogens with one attached hydrogen (secondary N) is 2. The molecule has 2 rings (SSSR count). The minimum atomic E-state index is -0.709. The molecule has 10 heteroatoms. The lowest BCUT2D eigenvalue weighted by Crippen LogP contribution is -2.38. The monoisotopic (exact) mass is 489 g/mol. The van der Waals surface area contributed by atoms with Gasteiger partial charge in [-0.05, 0) is 37.6 Å². The molecule has 2 aromatic carbocycles. The first-order valence-corrected chi connectivity index (χ1v) is 10.2. The lowest BCUT2D eigenvalue weighted by atomic mass is 10.0. The molecule has 32 heavy (non-hydrogen) atoms. The highest BCUT2D eigenvalue weighted by atomic mass is 35.5. The Morgan fingerprint density at radius 2 is 1.94 bits per heavy atom. The number of halogens is 4. The van der Waals surface area contributed by atoms with E-state index in [1.54, 1.807) is 6.07 Å². The predicted octanol–water partition coefficient (Wildman–Crippen LogP) is 4.71. The number of benzene rings is 2. The van der Waals surface area contributed by atoms with Crippen LogP contribution in [0.1, 0.15) is 42.2 Å². The molecule has 2 N–H and O–H groups in total. The van der Waals surface area contributed by atoms with Gasteiger partial charge in [0.2, 0.25) is 6.41 Å². The van der Waals surface area contributed by atoms with Crippen molar-refractivity contribution < 1.29 is 23.1 Å². The van der Waals surface area contributed by atoms with Crippen molar-refractivity contribution in [2.75, 3.05) is 20.6 Å². The van der Waals surface area contributed by atoms with E-state index in [1.807, 2.05) is 13.8 Å². The van der Waals surface area contributed by atoms with E-state index in [0.717, 1.165) is 6.07 Å². The number of nitrogens with zero attached hydrogens (tertiary/aromatic N) is 1. The van der Waals surface area contributed by atoms with Crippen molar-refractivity contribution in [3.05, 3.63) is 58.1 Å². The molecule has 0 saturated carbocycles. The number of hydrogen-bond donors (Lipinski definition) is 2. The van der Waals surface area contributed by atoms with Crippen molar-refractivity contribution in [2.45, 2.75) is 32.4 Å². The first-order chi connectivity index (χ1) is 14.7. The van der Waals surface area contributed by atoms with E-state index in [2.05, 4.69) is 10.6 Å². The maximum Gasteiger partial charge on any atom is 0.256 e. The third kappa shape index (κ3) is 6.79. The molecule has 6 nitrogen and oxygen atoms in total. The third-order valence-corrected chi connectivity index (χ3v) is 4.95. The predicted molar refractivity (Wildman–Crippen MR) is 123 cm³/mol. The van der Waals surface area contributed by atoms with Gasteiger partial charge in [0.05, 0.1) is 10.6 Å². The summed E-state index contributed by atoms with van der Waals surface area (Å²) < 4.78 is 35.1. The second-order valence-electron chi connectivity index (χ2n) is 7.28. The van der Waals surface area contributed by atoms with Gasteiger partial charge in [-0.15, -0.1) is 12.4 Å². The van der Waals surface area contributed by atoms with Crippen molar-refractivity contribution in [2.24, 2.45) is 0 Å². The van der Waals surface area contributed by atoms with Gasteiger partial charge >= 0.3 is 0 Å². The summed E-state index contributed by atoms with van der Waals surface area (Å²) in [5.41, 5.74) is 0.145. The summed E-state index contributed by atoms with van der Waals surface area (Å²) in [4.78, 5) is 23.9. The smallest absolute Gasteiger partial charge is 0.256 e. The Balaban J connectivity index is 0.00000512. The average Bonchev–Trinajstić information content (AvgIpc) is 2.74. The molecular weight excluding hydrogens is 463 g/mol. The fraction of sp³-hybridized carbons (Fsp3) is 0.364. The molecule has 176 valence electrons. The normalized spacial score (nSPS) is 12.3. The van der Waals surface area contributed by atoms with E-state index in [-0.39, 0.29) is 46.6 Å². The van der Waals surface area contributed by atoms with Gasteiger partial charge in [0, 0.05) is 38.3 Å². The van der Waals surface area contributed by atoms with Gasteiger partial charge in [0.1, 0.15) is 11.6 Å². The first-order valence-electron chi connectivity index (χ1n) is 9.79. The average molecular weight is 490 g/mol. The second kappa shape index (κ2) is 12.6. The summed E-state index contributed by atoms with van der Waals surface area (Å²) in [5, 5.41) is 5.87. The summed E-state index contributed by atoms with van der Waals surface area (Å²) in [6, 6.07) is 6.21. The molecular formula is C22H27Cl2F2N3O3. The number of carbonyl (C=O) groups is 2. The van der Waals surface area contributed by atoms with Crippen LogP contribution in [0.3, 0.4) is 0 Å². The van der Waals surface area contributed by atoms with E-state index < -0.39 is 17.5 Å². The highest BCUT2D eigenvalue weighted by molar-refractivity contribution is 6.32. The van der Waals surface area contributed by atoms with Crippen LogP contribution in [0.25, 0.3) is 0 Å². The molecule has 0 spiro atoms. The van der Waals surface area contributed by atoms with Crippen LogP contribution in [0, 0.1) is 11.6 Å². The number of ether oxygens (including phenoxy) is 1. The van der Waals surface area contributed by atoms with Gasteiger partial charge in [0.15, 0.2) is 11.6 Å². The highest BCUT2D eigenvalue weighted by Crippen LogP contribution is 2.37. The standard InChI is InChI=1S/C22H26ClF2N3O3.ClH/c1-5-19(27-13(2)11-26-12-29)15-7-8-17(23)21(20(15)25)31-14-6-9-18(24)16(10-14)22(30)28(3)4;/h6-10,12-13,19,27H,5,11H2,1-4H3,(H,26,29);1H/t13-,19+;/m0./s1. The van der Waals surface area contributed by atoms with E-state index in [1.165, 1.54) is 37.2 Å². The van der Waals surface area contributed by atoms with Gasteiger partial charge < -0.3 is 20.3 Å². The lowest BCUT2D eigenvalue weighted by Gasteiger charge is -2.24. The van der Waals surface area contributed by atoms with Crippen molar-refractivity contribution in [1.82, 2.24) is 15.5 Å². The summed E-state index contributed by atoms with van der Waals surface area (Å²) in [5.74, 6) is -2.05. The van der Waals surface area contributed by atoms with Gasteiger partial charge in [-0.2, -0.15) is 0 Å². The van der Waals surface area contributed by atoms with Gasteiger partial charge in [-0.3, -0.25) is 9.59 Å². The molecule has 0 radical (unpaired) electrons. The molecule has 0 unspecified atom stereocenters. The second-order valence-corrected chi connectivity index (χ2v) is 7.68. The van der Waals surface area contributed by atoms with Crippen LogP contribution in [0.5, 0.6) is 11.5 Å².